The van der Waals surface area contributed by atoms with Crippen molar-refractivity contribution in [1.29, 1.82) is 0 Å². The van der Waals surface area contributed by atoms with Crippen LogP contribution in [0.15, 0.2) is 60.8 Å². The molecule has 4 rings (SSSR count). The van der Waals surface area contributed by atoms with E-state index in [9.17, 15) is 4.79 Å². The molecule has 37 heavy (non-hydrogen) atoms. The Bertz CT molecular complexity index is 1180. The van der Waals surface area contributed by atoms with Gasteiger partial charge in [0.25, 0.3) is 5.91 Å². The third kappa shape index (κ3) is 8.43. The van der Waals surface area contributed by atoms with Gasteiger partial charge >= 0.3 is 0 Å². The lowest BCUT2D eigenvalue weighted by Gasteiger charge is -2.27. The van der Waals surface area contributed by atoms with Crippen LogP contribution in [0.3, 0.4) is 0 Å². The summed E-state index contributed by atoms with van der Waals surface area (Å²) in [6.45, 7) is 12.8. The smallest absolute Gasteiger partial charge is 0.255 e. The highest BCUT2D eigenvalue weighted by atomic mass is 16.5. The van der Waals surface area contributed by atoms with Crippen LogP contribution in [0.4, 0.5) is 5.69 Å². The largest absolute Gasteiger partial charge is 0.493 e. The van der Waals surface area contributed by atoms with Crippen LogP contribution in [-0.2, 0) is 13.0 Å². The fourth-order valence-electron chi connectivity index (χ4n) is 4.62. The summed E-state index contributed by atoms with van der Waals surface area (Å²) < 4.78 is 6.23. The van der Waals surface area contributed by atoms with Crippen LogP contribution in [0.2, 0.25) is 0 Å². The first-order chi connectivity index (χ1) is 17.7. The topological polar surface area (TPSA) is 54.5 Å². The fraction of sp³-hybridized carbons (Fsp3) is 0.438. The Labute approximate surface area is 222 Å². The first-order valence-electron chi connectivity index (χ1n) is 13.6. The highest BCUT2D eigenvalue weighted by molar-refractivity contribution is 6.04. The Morgan fingerprint density at radius 1 is 1.03 bits per heavy atom. The van der Waals surface area contributed by atoms with Crippen LogP contribution in [0.5, 0.6) is 5.75 Å². The summed E-state index contributed by atoms with van der Waals surface area (Å²) in [7, 11) is 0. The van der Waals surface area contributed by atoms with Gasteiger partial charge in [-0.1, -0.05) is 45.0 Å². The molecule has 0 atom stereocenters. The van der Waals surface area contributed by atoms with Crippen molar-refractivity contribution in [3.8, 4) is 5.75 Å². The van der Waals surface area contributed by atoms with E-state index >= 15 is 0 Å². The summed E-state index contributed by atoms with van der Waals surface area (Å²) in [5.41, 5.74) is 6.17. The number of benzene rings is 2. The minimum Gasteiger partial charge on any atom is -0.493 e. The number of amides is 1. The Morgan fingerprint density at radius 3 is 2.65 bits per heavy atom. The number of nitrogens with zero attached hydrogens (tertiary/aromatic N) is 2. The summed E-state index contributed by atoms with van der Waals surface area (Å²) >= 11 is 0. The van der Waals surface area contributed by atoms with Crippen LogP contribution < -0.4 is 10.1 Å². The summed E-state index contributed by atoms with van der Waals surface area (Å²) in [6, 6.07) is 18.4. The molecule has 1 aliphatic heterocycles. The Balaban J connectivity index is 1.55. The van der Waals surface area contributed by atoms with Gasteiger partial charge in [0, 0.05) is 24.2 Å². The second-order valence-electron chi connectivity index (χ2n) is 11.5. The molecule has 5 heteroatoms. The van der Waals surface area contributed by atoms with Crippen molar-refractivity contribution in [2.24, 2.45) is 5.41 Å². The van der Waals surface area contributed by atoms with Gasteiger partial charge < -0.3 is 10.1 Å². The van der Waals surface area contributed by atoms with Gasteiger partial charge in [0.05, 0.1) is 18.5 Å². The van der Waals surface area contributed by atoms with Crippen molar-refractivity contribution in [2.45, 2.75) is 66.3 Å². The van der Waals surface area contributed by atoms with Gasteiger partial charge in [-0.15, -0.1) is 0 Å². The molecular formula is C32H41N3O2. The first kappa shape index (κ1) is 26.9. The van der Waals surface area contributed by atoms with Gasteiger partial charge in [-0.05, 0) is 98.1 Å². The quantitative estimate of drug-likeness (QED) is 0.418. The number of hydrogen-bond donors (Lipinski definition) is 1. The zero-order valence-electron chi connectivity index (χ0n) is 22.8. The summed E-state index contributed by atoms with van der Waals surface area (Å²) in [5, 5.41) is 2.96. The highest BCUT2D eigenvalue weighted by Crippen LogP contribution is 2.26. The van der Waals surface area contributed by atoms with Crippen molar-refractivity contribution < 1.29 is 9.53 Å². The number of carbonyl (C=O) groups is 1. The molecule has 1 amide bonds. The van der Waals surface area contributed by atoms with Crippen LogP contribution in [0.25, 0.3) is 0 Å². The SMILES string of the molecule is Cc1ccc(NC(=O)c2ccc3c(c2)Cc2cccc(c2)CN(CCC(C)(C)C)CCCCCO3)cn1. The molecule has 0 radical (unpaired) electrons. The second-order valence-corrected chi connectivity index (χ2v) is 11.5. The molecule has 1 aromatic heterocycles. The van der Waals surface area contributed by atoms with Crippen LogP contribution in [-0.4, -0.2) is 35.5 Å². The minimum atomic E-state index is -0.143. The summed E-state index contributed by atoms with van der Waals surface area (Å²) in [6.07, 6.45) is 6.94. The lowest BCUT2D eigenvalue weighted by atomic mass is 9.92. The summed E-state index contributed by atoms with van der Waals surface area (Å²) in [4.78, 5) is 19.9. The van der Waals surface area contributed by atoms with E-state index in [2.05, 4.69) is 60.2 Å². The molecule has 0 fully saturated rings. The van der Waals surface area contributed by atoms with Crippen molar-refractivity contribution in [2.75, 3.05) is 25.0 Å². The molecule has 5 nitrogen and oxygen atoms in total. The van der Waals surface area contributed by atoms with Crippen LogP contribution >= 0.6 is 0 Å². The van der Waals surface area contributed by atoms with Gasteiger partial charge in [0.15, 0.2) is 0 Å². The average molecular weight is 500 g/mol. The van der Waals surface area contributed by atoms with Gasteiger partial charge in [0.2, 0.25) is 0 Å². The number of carbonyl (C=O) groups excluding carboxylic acids is 1. The molecule has 196 valence electrons. The molecule has 0 saturated carbocycles. The number of fused-ring (bicyclic) bond motifs is 3. The molecule has 1 aliphatic rings. The molecule has 2 aromatic carbocycles. The van der Waals surface area contributed by atoms with Gasteiger partial charge in [-0.3, -0.25) is 14.7 Å². The Hall–Kier alpha value is -3.18. The van der Waals surface area contributed by atoms with Crippen molar-refractivity contribution in [3.63, 3.8) is 0 Å². The first-order valence-corrected chi connectivity index (χ1v) is 13.6. The molecule has 1 N–H and O–H groups in total. The predicted molar refractivity (Wildman–Crippen MR) is 151 cm³/mol. The van der Waals surface area contributed by atoms with E-state index in [0.29, 0.717) is 23.3 Å². The average Bonchev–Trinajstić information content (AvgIpc) is 2.86. The third-order valence-electron chi connectivity index (χ3n) is 6.84. The Kier molecular flexibility index (Phi) is 8.99. The van der Waals surface area contributed by atoms with Crippen molar-refractivity contribution in [3.05, 3.63) is 88.7 Å². The van der Waals surface area contributed by atoms with E-state index in [1.165, 1.54) is 24.0 Å². The lowest BCUT2D eigenvalue weighted by Crippen LogP contribution is -2.28. The van der Waals surface area contributed by atoms with E-state index in [0.717, 1.165) is 55.9 Å². The van der Waals surface area contributed by atoms with E-state index in [4.69, 9.17) is 4.74 Å². The molecule has 0 aliphatic carbocycles. The maximum absolute atomic E-state index is 13.0. The number of pyridine rings is 1. The number of nitrogens with one attached hydrogen (secondary N) is 1. The van der Waals surface area contributed by atoms with E-state index in [1.807, 2.05) is 37.3 Å². The number of ether oxygens (including phenoxy) is 1. The van der Waals surface area contributed by atoms with Gasteiger partial charge in [-0.2, -0.15) is 0 Å². The molecule has 3 aromatic rings. The molecule has 0 unspecified atom stereocenters. The maximum Gasteiger partial charge on any atom is 0.255 e. The standard InChI is InChI=1S/C32H41N3O2/c1-24-11-13-29(22-33-24)34-31(36)27-12-14-30-28(21-27)20-25-9-8-10-26(19-25)23-35(17-15-32(2,3)4)16-6-5-7-18-37-30/h8-14,19,21-22H,5-7,15-18,20,23H2,1-4H3,(H,34,36). The summed E-state index contributed by atoms with van der Waals surface area (Å²) in [5.74, 6) is 0.721. The van der Waals surface area contributed by atoms with Gasteiger partial charge in [0.1, 0.15) is 5.75 Å². The van der Waals surface area contributed by atoms with Crippen molar-refractivity contribution in [1.82, 2.24) is 9.88 Å². The monoisotopic (exact) mass is 499 g/mol. The lowest BCUT2D eigenvalue weighted by molar-refractivity contribution is 0.102. The zero-order valence-corrected chi connectivity index (χ0v) is 22.8. The molecule has 0 spiro atoms. The van der Waals surface area contributed by atoms with E-state index in [-0.39, 0.29) is 5.91 Å². The minimum absolute atomic E-state index is 0.143. The Morgan fingerprint density at radius 2 is 1.86 bits per heavy atom. The third-order valence-corrected chi connectivity index (χ3v) is 6.84. The van der Waals surface area contributed by atoms with E-state index in [1.54, 1.807) is 6.20 Å². The zero-order chi connectivity index (χ0) is 26.3. The van der Waals surface area contributed by atoms with E-state index < -0.39 is 0 Å². The predicted octanol–water partition coefficient (Wildman–Crippen LogP) is 7.03. The normalized spacial score (nSPS) is 15.2. The molecular weight excluding hydrogens is 458 g/mol. The maximum atomic E-state index is 13.0. The number of aryl methyl sites for hydroxylation is 1. The number of anilines is 1. The number of rotatable bonds is 4. The van der Waals surface area contributed by atoms with Crippen LogP contribution in [0.1, 0.15) is 79.2 Å². The highest BCUT2D eigenvalue weighted by Gasteiger charge is 2.16. The van der Waals surface area contributed by atoms with Crippen LogP contribution in [0, 0.1) is 12.3 Å². The van der Waals surface area contributed by atoms with Crippen molar-refractivity contribution >= 4 is 11.6 Å². The van der Waals surface area contributed by atoms with Gasteiger partial charge in [-0.25, -0.2) is 0 Å². The number of aromatic nitrogens is 1. The molecule has 0 saturated heterocycles. The second kappa shape index (κ2) is 12.4. The molecule has 2 bridgehead atoms. The number of hydrogen-bond acceptors (Lipinski definition) is 4. The fourth-order valence-corrected chi connectivity index (χ4v) is 4.62. The molecule has 2 heterocycles.